The van der Waals surface area contributed by atoms with E-state index in [1.165, 1.54) is 0 Å². The number of nitrogens with one attached hydrogen (secondary N) is 1. The molecule has 2 aliphatic heterocycles. The normalized spacial score (nSPS) is 31.0. The van der Waals surface area contributed by atoms with Crippen molar-refractivity contribution < 1.29 is 14.4 Å². The maximum atomic E-state index is 12.0. The van der Waals surface area contributed by atoms with Gasteiger partial charge in [-0.3, -0.25) is 14.4 Å². The summed E-state index contributed by atoms with van der Waals surface area (Å²) in [5.74, 6) is 0.884. The predicted molar refractivity (Wildman–Crippen MR) is 69.7 cm³/mol. The summed E-state index contributed by atoms with van der Waals surface area (Å²) in [6.45, 7) is 6.54. The average Bonchev–Trinajstić information content (AvgIpc) is 2.76. The lowest BCUT2D eigenvalue weighted by Gasteiger charge is -2.29. The van der Waals surface area contributed by atoms with Crippen molar-refractivity contribution in [3.05, 3.63) is 0 Å². The second-order valence-electron chi connectivity index (χ2n) is 5.44. The van der Waals surface area contributed by atoms with Gasteiger partial charge in [-0.2, -0.15) is 0 Å². The summed E-state index contributed by atoms with van der Waals surface area (Å²) in [6.07, 6.45) is 1.37. The number of amides is 2. The van der Waals surface area contributed by atoms with Crippen molar-refractivity contribution in [2.45, 2.75) is 44.5 Å². The molecule has 0 unspecified atom stereocenters. The van der Waals surface area contributed by atoms with E-state index >= 15 is 0 Å². The monoisotopic (exact) mass is 272 g/mol. The summed E-state index contributed by atoms with van der Waals surface area (Å²) in [5.41, 5.74) is 2.46. The minimum Gasteiger partial charge on any atom is -0.315 e. The van der Waals surface area contributed by atoms with Crippen LogP contribution in [-0.4, -0.2) is 40.0 Å². The molecule has 2 aliphatic rings. The second-order valence-corrected chi connectivity index (χ2v) is 6.94. The van der Waals surface area contributed by atoms with Gasteiger partial charge in [0.2, 0.25) is 5.91 Å². The maximum Gasteiger partial charge on any atom is 0.267 e. The van der Waals surface area contributed by atoms with E-state index in [4.69, 9.17) is 4.84 Å². The van der Waals surface area contributed by atoms with E-state index in [1.54, 1.807) is 16.7 Å². The molecule has 0 spiro atoms. The number of hydroxylamine groups is 1. The Bertz CT molecular complexity index is 361. The lowest BCUT2D eigenvalue weighted by molar-refractivity contribution is -0.145. The quantitative estimate of drug-likeness (QED) is 0.780. The van der Waals surface area contributed by atoms with E-state index in [0.717, 1.165) is 6.42 Å². The number of hydrogen-bond donors (Lipinski definition) is 1. The first-order chi connectivity index (χ1) is 8.44. The first-order valence-electron chi connectivity index (χ1n) is 6.32. The van der Waals surface area contributed by atoms with Crippen LogP contribution >= 0.6 is 11.8 Å². The number of carbonyl (C=O) groups excluding carboxylic acids is 2. The molecule has 102 valence electrons. The molecule has 0 aliphatic carbocycles. The highest BCUT2D eigenvalue weighted by Gasteiger charge is 2.52. The van der Waals surface area contributed by atoms with Gasteiger partial charge in [0.1, 0.15) is 6.04 Å². The Hall–Kier alpha value is -0.750. The van der Waals surface area contributed by atoms with Crippen LogP contribution in [0.2, 0.25) is 0 Å². The van der Waals surface area contributed by atoms with Crippen molar-refractivity contribution in [1.29, 1.82) is 0 Å². The van der Waals surface area contributed by atoms with Crippen LogP contribution in [0.3, 0.4) is 0 Å². The molecular formula is C12H20N2O3S. The van der Waals surface area contributed by atoms with Crippen LogP contribution in [0.1, 0.15) is 33.6 Å². The van der Waals surface area contributed by atoms with Crippen LogP contribution in [0.15, 0.2) is 0 Å². The van der Waals surface area contributed by atoms with E-state index in [9.17, 15) is 9.59 Å². The Labute approximate surface area is 112 Å². The van der Waals surface area contributed by atoms with Gasteiger partial charge in [0.15, 0.2) is 0 Å². The molecule has 2 amide bonds. The van der Waals surface area contributed by atoms with Crippen LogP contribution in [-0.2, 0) is 14.4 Å². The largest absolute Gasteiger partial charge is 0.315 e. The highest BCUT2D eigenvalue weighted by atomic mass is 32.2. The summed E-state index contributed by atoms with van der Waals surface area (Å²) >= 11 is 1.68. The first-order valence-corrected chi connectivity index (χ1v) is 7.30. The number of hydrogen-bond acceptors (Lipinski definition) is 4. The fourth-order valence-electron chi connectivity index (χ4n) is 2.36. The molecule has 2 rings (SSSR count). The maximum absolute atomic E-state index is 12.0. The molecule has 0 aromatic heterocycles. The van der Waals surface area contributed by atoms with Crippen molar-refractivity contribution in [2.75, 3.05) is 12.4 Å². The van der Waals surface area contributed by atoms with E-state index < -0.39 is 0 Å². The average molecular weight is 272 g/mol. The molecule has 6 heteroatoms. The fourth-order valence-corrected chi connectivity index (χ4v) is 3.79. The van der Waals surface area contributed by atoms with Crippen molar-refractivity contribution in [1.82, 2.24) is 10.4 Å². The molecule has 1 N–H and O–H groups in total. The van der Waals surface area contributed by atoms with Crippen LogP contribution in [0.4, 0.5) is 0 Å². The van der Waals surface area contributed by atoms with Gasteiger partial charge >= 0.3 is 0 Å². The lowest BCUT2D eigenvalue weighted by atomic mass is 10.2. The summed E-state index contributed by atoms with van der Waals surface area (Å²) in [7, 11) is 0. The third kappa shape index (κ3) is 2.49. The van der Waals surface area contributed by atoms with E-state index in [0.29, 0.717) is 24.7 Å². The number of fused-ring (bicyclic) bond motifs is 1. The number of thioether (sulfide) groups is 1. The third-order valence-electron chi connectivity index (χ3n) is 3.34. The van der Waals surface area contributed by atoms with E-state index in [1.807, 2.05) is 20.8 Å². The van der Waals surface area contributed by atoms with Crippen LogP contribution in [0.5, 0.6) is 0 Å². The van der Waals surface area contributed by atoms with Gasteiger partial charge < -0.3 is 4.90 Å². The SMILES string of the molecule is CC(C)CONC(=O)[C@@H]1CS[C@]2(C)CCC(=O)N12. The second kappa shape index (κ2) is 5.09. The van der Waals surface area contributed by atoms with Crippen LogP contribution in [0, 0.1) is 5.92 Å². The standard InChI is InChI=1S/C12H20N2O3S/c1-8(2)6-17-13-11(16)9-7-18-12(3)5-4-10(15)14(9)12/h8-9H,4-7H2,1-3H3,(H,13,16)/t9-,12+/m0/s1. The summed E-state index contributed by atoms with van der Waals surface area (Å²) in [6, 6.07) is -0.387. The Morgan fingerprint density at radius 1 is 1.67 bits per heavy atom. The minimum atomic E-state index is -0.387. The van der Waals surface area contributed by atoms with Gasteiger partial charge in [-0.25, -0.2) is 5.48 Å². The molecule has 0 radical (unpaired) electrons. The van der Waals surface area contributed by atoms with Crippen LogP contribution < -0.4 is 5.48 Å². The molecule has 0 saturated carbocycles. The Balaban J connectivity index is 1.93. The Kier molecular flexibility index (Phi) is 3.87. The highest BCUT2D eigenvalue weighted by Crippen LogP contribution is 2.47. The topological polar surface area (TPSA) is 58.6 Å². The van der Waals surface area contributed by atoms with Gasteiger partial charge in [-0.05, 0) is 19.3 Å². The third-order valence-corrected chi connectivity index (χ3v) is 4.84. The number of carbonyl (C=O) groups is 2. The zero-order valence-electron chi connectivity index (χ0n) is 11.1. The van der Waals surface area contributed by atoms with E-state index in [-0.39, 0.29) is 22.7 Å². The highest BCUT2D eigenvalue weighted by molar-refractivity contribution is 8.01. The van der Waals surface area contributed by atoms with Gasteiger partial charge in [-0.15, -0.1) is 11.8 Å². The summed E-state index contributed by atoms with van der Waals surface area (Å²) < 4.78 is 0. The zero-order valence-corrected chi connectivity index (χ0v) is 11.9. The van der Waals surface area contributed by atoms with E-state index in [2.05, 4.69) is 5.48 Å². The Morgan fingerprint density at radius 3 is 3.06 bits per heavy atom. The lowest BCUT2D eigenvalue weighted by Crippen LogP contribution is -2.50. The fraction of sp³-hybridized carbons (Fsp3) is 0.833. The predicted octanol–water partition coefficient (Wildman–Crippen LogP) is 1.14. The Morgan fingerprint density at radius 2 is 2.39 bits per heavy atom. The van der Waals surface area contributed by atoms with Crippen LogP contribution in [0.25, 0.3) is 0 Å². The molecular weight excluding hydrogens is 252 g/mol. The van der Waals surface area contributed by atoms with Crippen molar-refractivity contribution in [2.24, 2.45) is 5.92 Å². The molecule has 2 atom stereocenters. The molecule has 0 aromatic rings. The first kappa shape index (κ1) is 13.7. The van der Waals surface area contributed by atoms with Gasteiger partial charge in [0.25, 0.3) is 5.91 Å². The number of nitrogens with zero attached hydrogens (tertiary/aromatic N) is 1. The summed E-state index contributed by atoms with van der Waals surface area (Å²) in [5, 5.41) is 0. The summed E-state index contributed by atoms with van der Waals surface area (Å²) in [4.78, 5) is 30.5. The van der Waals surface area contributed by atoms with Crippen molar-refractivity contribution >= 4 is 23.6 Å². The van der Waals surface area contributed by atoms with Crippen molar-refractivity contribution in [3.8, 4) is 0 Å². The number of rotatable bonds is 4. The molecule has 0 bridgehead atoms. The zero-order chi connectivity index (χ0) is 13.3. The van der Waals surface area contributed by atoms with Crippen molar-refractivity contribution in [3.63, 3.8) is 0 Å². The van der Waals surface area contributed by atoms with Gasteiger partial charge in [0.05, 0.1) is 11.5 Å². The molecule has 2 saturated heterocycles. The molecule has 5 nitrogen and oxygen atoms in total. The molecule has 2 fully saturated rings. The smallest absolute Gasteiger partial charge is 0.267 e. The minimum absolute atomic E-state index is 0.0755. The molecule has 0 aromatic carbocycles. The molecule has 2 heterocycles. The van der Waals surface area contributed by atoms with Gasteiger partial charge in [-0.1, -0.05) is 13.8 Å². The molecule has 18 heavy (non-hydrogen) atoms. The van der Waals surface area contributed by atoms with Gasteiger partial charge in [0, 0.05) is 12.2 Å².